The van der Waals surface area contributed by atoms with Crippen LogP contribution in [0.3, 0.4) is 0 Å². The lowest BCUT2D eigenvalue weighted by atomic mass is 10.2. The lowest BCUT2D eigenvalue weighted by Crippen LogP contribution is -2.01. The van der Waals surface area contributed by atoms with Crippen molar-refractivity contribution in [1.82, 2.24) is 4.98 Å². The van der Waals surface area contributed by atoms with Gasteiger partial charge < -0.3 is 10.1 Å². The Hall–Kier alpha value is -2.25. The molecule has 1 heterocycles. The van der Waals surface area contributed by atoms with Gasteiger partial charge in [0.2, 0.25) is 0 Å². The van der Waals surface area contributed by atoms with E-state index in [-0.39, 0.29) is 6.61 Å². The summed E-state index contributed by atoms with van der Waals surface area (Å²) in [6, 6.07) is 11.4. The number of hydrogen-bond donors (Lipinski definition) is 1. The Morgan fingerprint density at radius 3 is 2.80 bits per heavy atom. The summed E-state index contributed by atoms with van der Waals surface area (Å²) in [5.41, 5.74) is 2.96. The van der Waals surface area contributed by atoms with Crippen LogP contribution >= 0.6 is 11.6 Å². The summed E-state index contributed by atoms with van der Waals surface area (Å²) in [4.78, 5) is 4.09. The summed E-state index contributed by atoms with van der Waals surface area (Å²) in [5, 5.41) is 12.1. The van der Waals surface area contributed by atoms with Crippen molar-refractivity contribution < 1.29 is 4.74 Å². The maximum Gasteiger partial charge on any atom is 0.174 e. The summed E-state index contributed by atoms with van der Waals surface area (Å²) in [6.45, 7) is 2.67. The highest BCUT2D eigenvalue weighted by atomic mass is 35.5. The number of hydrogen-bond acceptors (Lipinski definition) is 4. The van der Waals surface area contributed by atoms with E-state index in [1.54, 1.807) is 6.20 Å². The van der Waals surface area contributed by atoms with Crippen molar-refractivity contribution in [2.24, 2.45) is 0 Å². The minimum atomic E-state index is 0.0577. The maximum absolute atomic E-state index is 8.44. The first-order chi connectivity index (χ1) is 9.69. The molecule has 0 aliphatic heterocycles. The van der Waals surface area contributed by atoms with Crippen LogP contribution in [0.15, 0.2) is 36.5 Å². The highest BCUT2D eigenvalue weighted by Crippen LogP contribution is 2.21. The van der Waals surface area contributed by atoms with E-state index >= 15 is 0 Å². The van der Waals surface area contributed by atoms with E-state index < -0.39 is 0 Å². The summed E-state index contributed by atoms with van der Waals surface area (Å²) < 4.78 is 5.20. The Morgan fingerprint density at radius 1 is 1.35 bits per heavy atom. The van der Waals surface area contributed by atoms with Crippen molar-refractivity contribution in [3.8, 4) is 11.8 Å². The van der Waals surface area contributed by atoms with E-state index in [2.05, 4.69) is 10.3 Å². The molecule has 0 fully saturated rings. The molecule has 0 saturated heterocycles. The van der Waals surface area contributed by atoms with Crippen molar-refractivity contribution in [3.05, 3.63) is 52.8 Å². The SMILES string of the molecule is Cc1cnc(Cl)c(NCc2ccc(OCC#N)cc2)c1. The Morgan fingerprint density at radius 2 is 2.10 bits per heavy atom. The second-order valence-corrected chi connectivity index (χ2v) is 4.65. The van der Waals surface area contributed by atoms with Gasteiger partial charge in [0.15, 0.2) is 11.8 Å². The highest BCUT2D eigenvalue weighted by Gasteiger charge is 2.02. The van der Waals surface area contributed by atoms with Gasteiger partial charge in [-0.3, -0.25) is 0 Å². The van der Waals surface area contributed by atoms with Gasteiger partial charge in [0, 0.05) is 12.7 Å². The average Bonchev–Trinajstić information content (AvgIpc) is 2.47. The van der Waals surface area contributed by atoms with E-state index in [0.29, 0.717) is 17.4 Å². The smallest absolute Gasteiger partial charge is 0.174 e. The zero-order valence-electron chi connectivity index (χ0n) is 11.1. The third kappa shape index (κ3) is 3.87. The molecule has 0 bridgehead atoms. The summed E-state index contributed by atoms with van der Waals surface area (Å²) in [5.74, 6) is 0.686. The number of pyridine rings is 1. The minimum absolute atomic E-state index is 0.0577. The predicted molar refractivity (Wildman–Crippen MR) is 78.9 cm³/mol. The molecule has 0 unspecified atom stereocenters. The lowest BCUT2D eigenvalue weighted by molar-refractivity contribution is 0.368. The first-order valence-electron chi connectivity index (χ1n) is 6.14. The van der Waals surface area contributed by atoms with E-state index in [1.807, 2.05) is 43.3 Å². The molecule has 1 N–H and O–H groups in total. The number of benzene rings is 1. The fraction of sp³-hybridized carbons (Fsp3) is 0.200. The number of ether oxygens (including phenoxy) is 1. The molecule has 0 amide bonds. The monoisotopic (exact) mass is 287 g/mol. The molecule has 2 aromatic rings. The molecule has 0 aliphatic carbocycles. The van der Waals surface area contributed by atoms with Crippen molar-refractivity contribution in [2.45, 2.75) is 13.5 Å². The van der Waals surface area contributed by atoms with Gasteiger partial charge in [-0.25, -0.2) is 4.98 Å². The Balaban J connectivity index is 1.97. The van der Waals surface area contributed by atoms with Crippen LogP contribution in [-0.2, 0) is 6.54 Å². The van der Waals surface area contributed by atoms with Crippen LogP contribution in [0.25, 0.3) is 0 Å². The van der Waals surface area contributed by atoms with E-state index in [4.69, 9.17) is 21.6 Å². The molecule has 0 saturated carbocycles. The molecule has 1 aromatic carbocycles. The number of nitriles is 1. The van der Waals surface area contributed by atoms with Crippen molar-refractivity contribution in [2.75, 3.05) is 11.9 Å². The van der Waals surface area contributed by atoms with Crippen molar-refractivity contribution in [1.29, 1.82) is 5.26 Å². The topological polar surface area (TPSA) is 57.9 Å². The summed E-state index contributed by atoms with van der Waals surface area (Å²) >= 11 is 6.02. The van der Waals surface area contributed by atoms with Crippen LogP contribution in [0.4, 0.5) is 5.69 Å². The lowest BCUT2D eigenvalue weighted by Gasteiger charge is -2.09. The summed E-state index contributed by atoms with van der Waals surface area (Å²) in [7, 11) is 0. The molecule has 2 rings (SSSR count). The van der Waals surface area contributed by atoms with Gasteiger partial charge in [0.05, 0.1) is 5.69 Å². The number of halogens is 1. The molecule has 1 aromatic heterocycles. The number of aromatic nitrogens is 1. The van der Waals surface area contributed by atoms with Gasteiger partial charge in [-0.15, -0.1) is 0 Å². The Labute approximate surface area is 123 Å². The van der Waals surface area contributed by atoms with Gasteiger partial charge in [-0.2, -0.15) is 5.26 Å². The quantitative estimate of drug-likeness (QED) is 0.854. The second-order valence-electron chi connectivity index (χ2n) is 4.30. The standard InChI is InChI=1S/C15H14ClN3O/c1-11-8-14(15(16)19-9-11)18-10-12-2-4-13(5-3-12)20-7-6-17/h2-5,8-9,18H,7,10H2,1H3. The van der Waals surface area contributed by atoms with Gasteiger partial charge in [-0.05, 0) is 36.2 Å². The van der Waals surface area contributed by atoms with E-state index in [0.717, 1.165) is 16.8 Å². The molecule has 0 radical (unpaired) electrons. The zero-order chi connectivity index (χ0) is 14.4. The largest absolute Gasteiger partial charge is 0.479 e. The first-order valence-corrected chi connectivity index (χ1v) is 6.51. The fourth-order valence-corrected chi connectivity index (χ4v) is 1.86. The second kappa shape index (κ2) is 6.78. The molecular formula is C15H14ClN3O. The van der Waals surface area contributed by atoms with E-state index in [1.165, 1.54) is 0 Å². The normalized spacial score (nSPS) is 9.85. The number of anilines is 1. The average molecular weight is 288 g/mol. The number of nitrogens with zero attached hydrogens (tertiary/aromatic N) is 2. The molecule has 0 aliphatic rings. The van der Waals surface area contributed by atoms with Crippen LogP contribution in [-0.4, -0.2) is 11.6 Å². The maximum atomic E-state index is 8.44. The first kappa shape index (κ1) is 14.2. The Kier molecular flexibility index (Phi) is 4.80. The third-order valence-corrected chi connectivity index (χ3v) is 2.99. The number of nitrogens with one attached hydrogen (secondary N) is 1. The Bertz CT molecular complexity index is 620. The third-order valence-electron chi connectivity index (χ3n) is 2.69. The van der Waals surface area contributed by atoms with Gasteiger partial charge in [0.1, 0.15) is 11.8 Å². The molecule has 102 valence electrons. The van der Waals surface area contributed by atoms with Crippen LogP contribution < -0.4 is 10.1 Å². The van der Waals surface area contributed by atoms with Gasteiger partial charge in [0.25, 0.3) is 0 Å². The molecule has 0 atom stereocenters. The van der Waals surface area contributed by atoms with Crippen molar-refractivity contribution in [3.63, 3.8) is 0 Å². The van der Waals surface area contributed by atoms with E-state index in [9.17, 15) is 0 Å². The summed E-state index contributed by atoms with van der Waals surface area (Å²) in [6.07, 6.45) is 1.73. The van der Waals surface area contributed by atoms with Gasteiger partial charge in [-0.1, -0.05) is 23.7 Å². The molecule has 5 heteroatoms. The predicted octanol–water partition coefficient (Wildman–Crippen LogP) is 3.56. The number of rotatable bonds is 5. The molecule has 4 nitrogen and oxygen atoms in total. The van der Waals surface area contributed by atoms with Gasteiger partial charge >= 0.3 is 0 Å². The highest BCUT2D eigenvalue weighted by molar-refractivity contribution is 6.31. The molecule has 20 heavy (non-hydrogen) atoms. The van der Waals surface area contributed by atoms with Crippen molar-refractivity contribution >= 4 is 17.3 Å². The fourth-order valence-electron chi connectivity index (χ4n) is 1.69. The minimum Gasteiger partial charge on any atom is -0.479 e. The van der Waals surface area contributed by atoms with Crippen LogP contribution in [0, 0.1) is 18.3 Å². The van der Waals surface area contributed by atoms with Crippen LogP contribution in [0.2, 0.25) is 5.15 Å². The van der Waals surface area contributed by atoms with Crippen LogP contribution in [0.5, 0.6) is 5.75 Å². The zero-order valence-corrected chi connectivity index (χ0v) is 11.8. The molecular weight excluding hydrogens is 274 g/mol. The van der Waals surface area contributed by atoms with Crippen LogP contribution in [0.1, 0.15) is 11.1 Å². The number of aryl methyl sites for hydroxylation is 1. The molecule has 0 spiro atoms.